The number of nitrogens with two attached hydrogens (primary N) is 1. The maximum absolute atomic E-state index is 12.6. The molecular weight excluding hydrogens is 316 g/mol. The molecule has 2 fully saturated rings. The third-order valence-corrected chi connectivity index (χ3v) is 5.72. The molecule has 0 bridgehead atoms. The van der Waals surface area contributed by atoms with Gasteiger partial charge in [-0.3, -0.25) is 14.8 Å². The minimum atomic E-state index is -0.112. The first-order valence-corrected chi connectivity index (χ1v) is 8.49. The van der Waals surface area contributed by atoms with Crippen LogP contribution in [-0.4, -0.2) is 83.2 Å². The zero-order valence-electron chi connectivity index (χ0n) is 13.8. The molecule has 0 saturated carbocycles. The molecule has 7 nitrogen and oxygen atoms in total. The second-order valence-electron chi connectivity index (χ2n) is 6.83. The molecule has 1 amide bonds. The molecule has 1 spiro atoms. The Morgan fingerprint density at radius 2 is 1.96 bits per heavy atom. The maximum atomic E-state index is 12.6. The number of piperidine rings is 1. The summed E-state index contributed by atoms with van der Waals surface area (Å²) >= 11 is 6.05. The van der Waals surface area contributed by atoms with E-state index in [1.165, 1.54) is 6.42 Å². The normalized spacial score (nSPS) is 23.2. The van der Waals surface area contributed by atoms with Gasteiger partial charge in [0.2, 0.25) is 0 Å². The van der Waals surface area contributed by atoms with Crippen molar-refractivity contribution in [3.63, 3.8) is 0 Å². The van der Waals surface area contributed by atoms with E-state index in [1.807, 2.05) is 4.90 Å². The minimum Gasteiger partial charge on any atom is -0.381 e. The Balaban J connectivity index is 1.70. The standard InChI is InChI=1S/C15H25ClN6O/c1-20-6-3-7-21(2)15(10-20)4-8-22(9-5-15)14(23)12-11(16)13(17)19-18-12/h3-10H2,1-2H3,(H3,17,18,19). The van der Waals surface area contributed by atoms with Crippen LogP contribution >= 0.6 is 11.6 Å². The van der Waals surface area contributed by atoms with Crippen LogP contribution in [-0.2, 0) is 0 Å². The SMILES string of the molecule is CN1CCCN(C)C2(CCN(C(=O)c3[nH]nc(N)c3Cl)CC2)C1. The Kier molecular flexibility index (Phi) is 4.53. The van der Waals surface area contributed by atoms with E-state index in [2.05, 4.69) is 34.1 Å². The average Bonchev–Trinajstić information content (AvgIpc) is 2.79. The number of rotatable bonds is 1. The van der Waals surface area contributed by atoms with Gasteiger partial charge < -0.3 is 15.5 Å². The number of nitrogen functional groups attached to an aromatic ring is 1. The number of likely N-dealkylation sites (N-methyl/N-ethyl adjacent to an activating group) is 2. The molecular formula is C15H25ClN6O. The number of nitrogens with zero attached hydrogens (tertiary/aromatic N) is 4. The van der Waals surface area contributed by atoms with E-state index in [0.717, 1.165) is 45.6 Å². The van der Waals surface area contributed by atoms with Crippen LogP contribution < -0.4 is 5.73 Å². The van der Waals surface area contributed by atoms with Crippen LogP contribution in [0.2, 0.25) is 5.02 Å². The first kappa shape index (κ1) is 16.5. The molecule has 2 saturated heterocycles. The molecule has 3 N–H and O–H groups in total. The number of carbonyl (C=O) groups excluding carboxylic acids is 1. The number of hydrogen-bond acceptors (Lipinski definition) is 5. The zero-order chi connectivity index (χ0) is 16.6. The van der Waals surface area contributed by atoms with Crippen molar-refractivity contribution in [2.45, 2.75) is 24.8 Å². The molecule has 0 unspecified atom stereocenters. The lowest BCUT2D eigenvalue weighted by Gasteiger charge is -2.47. The summed E-state index contributed by atoms with van der Waals surface area (Å²) in [6.45, 7) is 4.76. The summed E-state index contributed by atoms with van der Waals surface area (Å²) in [6.07, 6.45) is 3.14. The minimum absolute atomic E-state index is 0.112. The van der Waals surface area contributed by atoms with Gasteiger partial charge in [-0.15, -0.1) is 0 Å². The highest BCUT2D eigenvalue weighted by Crippen LogP contribution is 2.32. The Morgan fingerprint density at radius 3 is 2.57 bits per heavy atom. The van der Waals surface area contributed by atoms with Gasteiger partial charge in [0.05, 0.1) is 0 Å². The lowest BCUT2D eigenvalue weighted by molar-refractivity contribution is 0.0279. The summed E-state index contributed by atoms with van der Waals surface area (Å²) in [7, 11) is 4.40. The highest BCUT2D eigenvalue weighted by Gasteiger charge is 2.41. The Hall–Kier alpha value is -1.31. The van der Waals surface area contributed by atoms with Crippen molar-refractivity contribution < 1.29 is 4.79 Å². The number of hydrogen-bond donors (Lipinski definition) is 2. The number of amides is 1. The van der Waals surface area contributed by atoms with Gasteiger partial charge >= 0.3 is 0 Å². The Bertz CT molecular complexity index is 581. The predicted octanol–water partition coefficient (Wildman–Crippen LogP) is 0.887. The number of likely N-dealkylation sites (tertiary alicyclic amines) is 1. The van der Waals surface area contributed by atoms with Crippen LogP contribution in [0.3, 0.4) is 0 Å². The second kappa shape index (κ2) is 6.30. The molecule has 2 aliphatic heterocycles. The summed E-state index contributed by atoms with van der Waals surface area (Å²) in [5.41, 5.74) is 6.08. The van der Waals surface area contributed by atoms with E-state index in [9.17, 15) is 4.79 Å². The summed E-state index contributed by atoms with van der Waals surface area (Å²) in [6, 6.07) is 0. The van der Waals surface area contributed by atoms with Crippen LogP contribution in [0, 0.1) is 0 Å². The summed E-state index contributed by atoms with van der Waals surface area (Å²) < 4.78 is 0. The van der Waals surface area contributed by atoms with Crippen molar-refractivity contribution in [2.75, 3.05) is 52.6 Å². The number of anilines is 1. The van der Waals surface area contributed by atoms with Gasteiger partial charge in [-0.1, -0.05) is 11.6 Å². The molecule has 1 aromatic heterocycles. The number of aromatic nitrogens is 2. The molecule has 3 heterocycles. The van der Waals surface area contributed by atoms with Gasteiger partial charge in [0.1, 0.15) is 10.7 Å². The van der Waals surface area contributed by atoms with Crippen LogP contribution in [0.1, 0.15) is 29.8 Å². The fourth-order valence-corrected chi connectivity index (χ4v) is 3.99. The fraction of sp³-hybridized carbons (Fsp3) is 0.733. The van der Waals surface area contributed by atoms with E-state index in [4.69, 9.17) is 17.3 Å². The van der Waals surface area contributed by atoms with Gasteiger partial charge in [-0.2, -0.15) is 5.10 Å². The smallest absolute Gasteiger partial charge is 0.273 e. The molecule has 3 rings (SSSR count). The number of nitrogens with one attached hydrogen (secondary N) is 1. The van der Waals surface area contributed by atoms with Gasteiger partial charge in [0.15, 0.2) is 5.82 Å². The van der Waals surface area contributed by atoms with Crippen molar-refractivity contribution in [3.05, 3.63) is 10.7 Å². The quantitative estimate of drug-likeness (QED) is 0.793. The Labute approximate surface area is 141 Å². The third kappa shape index (κ3) is 3.05. The van der Waals surface area contributed by atoms with Gasteiger partial charge in [-0.05, 0) is 46.4 Å². The van der Waals surface area contributed by atoms with Gasteiger partial charge in [0.25, 0.3) is 5.91 Å². The first-order chi connectivity index (χ1) is 10.9. The predicted molar refractivity (Wildman–Crippen MR) is 90.6 cm³/mol. The van der Waals surface area contributed by atoms with Crippen molar-refractivity contribution in [1.29, 1.82) is 0 Å². The van der Waals surface area contributed by atoms with Crippen LogP contribution in [0.5, 0.6) is 0 Å². The van der Waals surface area contributed by atoms with E-state index >= 15 is 0 Å². The van der Waals surface area contributed by atoms with Crippen molar-refractivity contribution in [3.8, 4) is 0 Å². The van der Waals surface area contributed by atoms with E-state index < -0.39 is 0 Å². The number of aromatic amines is 1. The van der Waals surface area contributed by atoms with Crippen molar-refractivity contribution in [2.24, 2.45) is 0 Å². The average molecular weight is 341 g/mol. The van der Waals surface area contributed by atoms with E-state index in [-0.39, 0.29) is 22.3 Å². The third-order valence-electron chi connectivity index (χ3n) is 5.34. The van der Waals surface area contributed by atoms with Crippen molar-refractivity contribution in [1.82, 2.24) is 24.9 Å². The van der Waals surface area contributed by atoms with Crippen LogP contribution in [0.15, 0.2) is 0 Å². The Morgan fingerprint density at radius 1 is 1.26 bits per heavy atom. The summed E-state index contributed by atoms with van der Waals surface area (Å²) in [4.78, 5) is 19.4. The number of H-pyrrole nitrogens is 1. The molecule has 0 aliphatic carbocycles. The molecule has 0 atom stereocenters. The summed E-state index contributed by atoms with van der Waals surface area (Å²) in [5.74, 6) is 0.0623. The van der Waals surface area contributed by atoms with Gasteiger partial charge in [0, 0.05) is 25.2 Å². The first-order valence-electron chi connectivity index (χ1n) is 8.11. The summed E-state index contributed by atoms with van der Waals surface area (Å²) in [5, 5.41) is 6.68. The van der Waals surface area contributed by atoms with E-state index in [0.29, 0.717) is 5.69 Å². The molecule has 8 heteroatoms. The molecule has 128 valence electrons. The lowest BCUT2D eigenvalue weighted by Crippen LogP contribution is -2.58. The highest BCUT2D eigenvalue weighted by atomic mass is 35.5. The maximum Gasteiger partial charge on any atom is 0.273 e. The van der Waals surface area contributed by atoms with Crippen LogP contribution in [0.25, 0.3) is 0 Å². The molecule has 23 heavy (non-hydrogen) atoms. The molecule has 2 aliphatic rings. The van der Waals surface area contributed by atoms with E-state index in [1.54, 1.807) is 0 Å². The van der Waals surface area contributed by atoms with Gasteiger partial charge in [-0.25, -0.2) is 0 Å². The van der Waals surface area contributed by atoms with Crippen LogP contribution in [0.4, 0.5) is 5.82 Å². The monoisotopic (exact) mass is 340 g/mol. The number of halogens is 1. The second-order valence-corrected chi connectivity index (χ2v) is 7.21. The zero-order valence-corrected chi connectivity index (χ0v) is 14.6. The molecule has 1 aromatic rings. The highest BCUT2D eigenvalue weighted by molar-refractivity contribution is 6.35. The molecule has 0 aromatic carbocycles. The fourth-order valence-electron chi connectivity index (χ4n) is 3.83. The number of carbonyl (C=O) groups is 1. The largest absolute Gasteiger partial charge is 0.381 e. The topological polar surface area (TPSA) is 81.5 Å². The van der Waals surface area contributed by atoms with Crippen molar-refractivity contribution >= 4 is 23.3 Å². The lowest BCUT2D eigenvalue weighted by atomic mass is 9.85. The molecule has 0 radical (unpaired) electrons.